The molecule has 0 saturated heterocycles. The molecule has 0 aliphatic heterocycles. The average Bonchev–Trinajstić information content (AvgIpc) is 3.41. The molecule has 1 atom stereocenters. The molecule has 3 aromatic rings. The van der Waals surface area contributed by atoms with E-state index >= 15 is 0 Å². The number of hydrogen-bond acceptors (Lipinski definition) is 6. The Morgan fingerprint density at radius 1 is 1.08 bits per heavy atom. The van der Waals surface area contributed by atoms with Gasteiger partial charge >= 0.3 is 0 Å². The van der Waals surface area contributed by atoms with Crippen LogP contribution in [-0.2, 0) is 21.4 Å². The quantitative estimate of drug-likeness (QED) is 0.221. The minimum Gasteiger partial charge on any atom is -0.310 e. The average molecular weight is 540 g/mol. The molecule has 0 amide bonds. The van der Waals surface area contributed by atoms with Gasteiger partial charge in [0.25, 0.3) is 10.0 Å². The number of rotatable bonds is 12. The van der Waals surface area contributed by atoms with Crippen LogP contribution in [0.4, 0.5) is 5.69 Å². The molecule has 0 unspecified atom stereocenters. The number of benzene rings is 2. The van der Waals surface area contributed by atoms with Crippen molar-refractivity contribution in [3.63, 3.8) is 0 Å². The predicted molar refractivity (Wildman–Crippen MR) is 154 cm³/mol. The standard InChI is InChI=1S/C29H37N3O3S2/c1-21(18-23-10-5-4-6-11-23)30-20-26-12-7-8-15-27(26)32-37(33,34)29-17-16-28(36-29)25-14-9-13-24(19-25)22(2)31-35-3/h7-9,12-17,19,21,23,30-32H,2,4-6,10-11,18,20H2,1,3H3/t21-/m0/s1. The summed E-state index contributed by atoms with van der Waals surface area (Å²) in [7, 11) is -2.20. The first-order chi connectivity index (χ1) is 17.9. The van der Waals surface area contributed by atoms with Gasteiger partial charge in [-0.3, -0.25) is 15.0 Å². The first-order valence-electron chi connectivity index (χ1n) is 12.9. The number of sulfonamides is 1. The van der Waals surface area contributed by atoms with Crippen molar-refractivity contribution in [2.45, 2.75) is 62.2 Å². The Morgan fingerprint density at radius 2 is 1.86 bits per heavy atom. The zero-order valence-corrected chi connectivity index (χ0v) is 23.3. The Balaban J connectivity index is 1.43. The van der Waals surface area contributed by atoms with E-state index in [0.717, 1.165) is 27.5 Å². The highest BCUT2D eigenvalue weighted by atomic mass is 32.2. The molecular formula is C29H37N3O3S2. The van der Waals surface area contributed by atoms with Crippen molar-refractivity contribution in [2.75, 3.05) is 11.8 Å². The molecule has 2 aromatic carbocycles. The van der Waals surface area contributed by atoms with Gasteiger partial charge in [0.15, 0.2) is 0 Å². The van der Waals surface area contributed by atoms with Gasteiger partial charge in [0.05, 0.1) is 18.5 Å². The third-order valence-corrected chi connectivity index (χ3v) is 9.87. The first kappa shape index (κ1) is 27.4. The highest BCUT2D eigenvalue weighted by Gasteiger charge is 2.20. The van der Waals surface area contributed by atoms with E-state index in [2.05, 4.69) is 29.0 Å². The van der Waals surface area contributed by atoms with Crippen LogP contribution in [0.5, 0.6) is 0 Å². The lowest BCUT2D eigenvalue weighted by Crippen LogP contribution is -2.29. The van der Waals surface area contributed by atoms with Gasteiger partial charge in [-0.25, -0.2) is 8.42 Å². The van der Waals surface area contributed by atoms with E-state index in [0.29, 0.717) is 24.0 Å². The van der Waals surface area contributed by atoms with Gasteiger partial charge in [0, 0.05) is 17.5 Å². The lowest BCUT2D eigenvalue weighted by Gasteiger charge is -2.25. The second-order valence-corrected chi connectivity index (χ2v) is 12.8. The fourth-order valence-corrected chi connectivity index (χ4v) is 7.32. The number of nitrogens with one attached hydrogen (secondary N) is 3. The highest BCUT2D eigenvalue weighted by Crippen LogP contribution is 2.33. The van der Waals surface area contributed by atoms with Gasteiger partial charge in [-0.2, -0.15) is 0 Å². The maximum Gasteiger partial charge on any atom is 0.271 e. The van der Waals surface area contributed by atoms with E-state index in [9.17, 15) is 8.42 Å². The number of anilines is 1. The zero-order valence-electron chi connectivity index (χ0n) is 21.6. The molecule has 0 bridgehead atoms. The molecule has 4 rings (SSSR count). The van der Waals surface area contributed by atoms with Gasteiger partial charge in [-0.1, -0.05) is 75.1 Å². The van der Waals surface area contributed by atoms with Crippen LogP contribution in [-0.4, -0.2) is 21.6 Å². The Bertz CT molecular complexity index is 1300. The summed E-state index contributed by atoms with van der Waals surface area (Å²) in [6.45, 7) is 6.81. The molecule has 0 radical (unpaired) electrons. The SMILES string of the molecule is C=C(NOC)c1cccc(-c2ccc(S(=O)(=O)Nc3ccccc3CN[C@@H](C)CC3CCCCC3)s2)c1. The summed E-state index contributed by atoms with van der Waals surface area (Å²) in [5.41, 5.74) is 6.71. The Labute approximate surface area is 225 Å². The maximum absolute atomic E-state index is 13.3. The molecule has 8 heteroatoms. The first-order valence-corrected chi connectivity index (χ1v) is 15.2. The lowest BCUT2D eigenvalue weighted by atomic mass is 9.85. The number of thiophene rings is 1. The largest absolute Gasteiger partial charge is 0.310 e. The molecule has 3 N–H and O–H groups in total. The smallest absolute Gasteiger partial charge is 0.271 e. The molecular weight excluding hydrogens is 502 g/mol. The third kappa shape index (κ3) is 7.45. The van der Waals surface area contributed by atoms with Crippen molar-refractivity contribution in [3.8, 4) is 10.4 Å². The van der Waals surface area contributed by atoms with Crippen LogP contribution in [0.25, 0.3) is 16.1 Å². The van der Waals surface area contributed by atoms with E-state index in [1.165, 1.54) is 57.0 Å². The van der Waals surface area contributed by atoms with Crippen molar-refractivity contribution in [1.29, 1.82) is 0 Å². The number of hydrogen-bond donors (Lipinski definition) is 3. The number of hydroxylamine groups is 1. The normalized spacial score (nSPS) is 15.3. The Morgan fingerprint density at radius 3 is 2.65 bits per heavy atom. The molecule has 1 aliphatic rings. The molecule has 1 aromatic heterocycles. The zero-order chi connectivity index (χ0) is 26.3. The number of para-hydroxylation sites is 1. The van der Waals surface area contributed by atoms with Gasteiger partial charge in [0.1, 0.15) is 4.21 Å². The fraction of sp³-hybridized carbons (Fsp3) is 0.379. The van der Waals surface area contributed by atoms with E-state index < -0.39 is 10.0 Å². The van der Waals surface area contributed by atoms with Crippen LogP contribution in [0.15, 0.2) is 71.5 Å². The summed E-state index contributed by atoms with van der Waals surface area (Å²) >= 11 is 1.24. The van der Waals surface area contributed by atoms with E-state index in [4.69, 9.17) is 4.84 Å². The van der Waals surface area contributed by atoms with Gasteiger partial charge in [-0.15, -0.1) is 11.3 Å². The summed E-state index contributed by atoms with van der Waals surface area (Å²) in [6.07, 6.45) is 7.88. The lowest BCUT2D eigenvalue weighted by molar-refractivity contribution is 0.137. The Kier molecular flexibility index (Phi) is 9.43. The summed E-state index contributed by atoms with van der Waals surface area (Å²) < 4.78 is 29.7. The van der Waals surface area contributed by atoms with Gasteiger partial charge in [-0.05, 0) is 60.2 Å². The van der Waals surface area contributed by atoms with Gasteiger partial charge < -0.3 is 5.32 Å². The molecule has 198 valence electrons. The summed E-state index contributed by atoms with van der Waals surface area (Å²) in [6, 6.07) is 19.2. The molecule has 1 aliphatic carbocycles. The van der Waals surface area contributed by atoms with E-state index in [-0.39, 0.29) is 4.21 Å². The summed E-state index contributed by atoms with van der Waals surface area (Å²) in [5.74, 6) is 0.799. The predicted octanol–water partition coefficient (Wildman–Crippen LogP) is 6.79. The molecule has 1 heterocycles. The second kappa shape index (κ2) is 12.7. The summed E-state index contributed by atoms with van der Waals surface area (Å²) in [4.78, 5) is 5.80. The monoisotopic (exact) mass is 539 g/mol. The Hall–Kier alpha value is -2.65. The molecule has 1 saturated carbocycles. The fourth-order valence-electron chi connectivity index (χ4n) is 4.92. The molecule has 37 heavy (non-hydrogen) atoms. The van der Waals surface area contributed by atoms with Crippen molar-refractivity contribution in [2.24, 2.45) is 5.92 Å². The van der Waals surface area contributed by atoms with Crippen LogP contribution < -0.4 is 15.5 Å². The van der Waals surface area contributed by atoms with Crippen LogP contribution >= 0.6 is 11.3 Å². The highest BCUT2D eigenvalue weighted by molar-refractivity contribution is 7.94. The minimum atomic E-state index is -3.73. The van der Waals surface area contributed by atoms with Crippen molar-refractivity contribution in [3.05, 3.63) is 78.4 Å². The summed E-state index contributed by atoms with van der Waals surface area (Å²) in [5, 5.41) is 3.61. The second-order valence-electron chi connectivity index (χ2n) is 9.77. The van der Waals surface area contributed by atoms with Crippen LogP contribution in [0.2, 0.25) is 0 Å². The van der Waals surface area contributed by atoms with Crippen LogP contribution in [0.3, 0.4) is 0 Å². The van der Waals surface area contributed by atoms with Crippen LogP contribution in [0.1, 0.15) is 56.6 Å². The minimum absolute atomic E-state index is 0.273. The maximum atomic E-state index is 13.3. The van der Waals surface area contributed by atoms with E-state index in [1.54, 1.807) is 6.07 Å². The van der Waals surface area contributed by atoms with Crippen molar-refractivity contribution in [1.82, 2.24) is 10.8 Å². The third-order valence-electron chi connectivity index (χ3n) is 6.88. The van der Waals surface area contributed by atoms with Crippen LogP contribution in [0, 0.1) is 5.92 Å². The van der Waals surface area contributed by atoms with E-state index in [1.807, 2.05) is 54.6 Å². The van der Waals surface area contributed by atoms with Crippen molar-refractivity contribution >= 4 is 32.7 Å². The topological polar surface area (TPSA) is 79.5 Å². The van der Waals surface area contributed by atoms with Crippen molar-refractivity contribution < 1.29 is 13.3 Å². The molecule has 1 fully saturated rings. The van der Waals surface area contributed by atoms with Gasteiger partial charge in [0.2, 0.25) is 0 Å². The molecule has 6 nitrogen and oxygen atoms in total. The molecule has 0 spiro atoms.